The molecule has 1 fully saturated rings. The summed E-state index contributed by atoms with van der Waals surface area (Å²) in [6, 6.07) is 23.2. The van der Waals surface area contributed by atoms with E-state index in [1.54, 1.807) is 4.90 Å². The molecule has 3 unspecified atom stereocenters. The maximum Gasteiger partial charge on any atom is 0.244 e. The minimum atomic E-state index is -4.28. The first kappa shape index (κ1) is 28.2. The summed E-state index contributed by atoms with van der Waals surface area (Å²) in [6.45, 7) is 2.18. The summed E-state index contributed by atoms with van der Waals surface area (Å²) < 4.78 is 56.8. The van der Waals surface area contributed by atoms with Crippen molar-refractivity contribution < 1.29 is 22.0 Å². The van der Waals surface area contributed by atoms with E-state index in [1.807, 2.05) is 73.7 Å². The maximum atomic E-state index is 14.4. The van der Waals surface area contributed by atoms with Crippen molar-refractivity contribution in [3.63, 3.8) is 0 Å². The number of carbonyl (C=O) groups is 1. The number of pyridine rings is 1. The van der Waals surface area contributed by atoms with Crippen molar-refractivity contribution in [3.8, 4) is 0 Å². The number of aromatic nitrogens is 1. The predicted octanol–water partition coefficient (Wildman–Crippen LogP) is 6.36. The second-order valence-electron chi connectivity index (χ2n) is 11.1. The van der Waals surface area contributed by atoms with Gasteiger partial charge in [0.2, 0.25) is 15.9 Å². The summed E-state index contributed by atoms with van der Waals surface area (Å²) in [5.74, 6) is -2.02. The fourth-order valence-corrected chi connectivity index (χ4v) is 7.21. The third-order valence-electron chi connectivity index (χ3n) is 8.10. The molecule has 1 aromatic heterocycles. The van der Waals surface area contributed by atoms with Gasteiger partial charge in [-0.3, -0.25) is 9.78 Å². The van der Waals surface area contributed by atoms with E-state index in [2.05, 4.69) is 9.71 Å². The van der Waals surface area contributed by atoms with Gasteiger partial charge in [0.25, 0.3) is 0 Å². The topological polar surface area (TPSA) is 79.4 Å². The Labute approximate surface area is 244 Å². The van der Waals surface area contributed by atoms with Crippen molar-refractivity contribution in [3.05, 3.63) is 125 Å². The number of carbonyl (C=O) groups excluding carboxylic acids is 1. The number of nitrogens with zero attached hydrogens (tertiary/aromatic N) is 2. The van der Waals surface area contributed by atoms with Crippen molar-refractivity contribution in [1.29, 1.82) is 0 Å². The Balaban J connectivity index is 1.33. The van der Waals surface area contributed by atoms with Crippen molar-refractivity contribution in [2.45, 2.75) is 56.0 Å². The van der Waals surface area contributed by atoms with Gasteiger partial charge in [0, 0.05) is 29.4 Å². The summed E-state index contributed by atoms with van der Waals surface area (Å²) in [7, 11) is -4.28. The van der Waals surface area contributed by atoms with Gasteiger partial charge in [-0.15, -0.1) is 0 Å². The largest absolute Gasteiger partial charge is 0.306 e. The number of aryl methyl sites for hydroxylation is 2. The molecule has 3 atom stereocenters. The first-order valence-electron chi connectivity index (χ1n) is 14.1. The molecule has 0 spiro atoms. The molecular formula is C33H31F2N3O3S. The van der Waals surface area contributed by atoms with E-state index in [4.69, 9.17) is 0 Å². The van der Waals surface area contributed by atoms with E-state index in [1.165, 1.54) is 0 Å². The van der Waals surface area contributed by atoms with Gasteiger partial charge < -0.3 is 4.90 Å². The lowest BCUT2D eigenvalue weighted by Crippen LogP contribution is -2.34. The highest BCUT2D eigenvalue weighted by Crippen LogP contribution is 2.49. The third kappa shape index (κ3) is 5.84. The first-order chi connectivity index (χ1) is 20.2. The van der Waals surface area contributed by atoms with Crippen molar-refractivity contribution in [2.75, 3.05) is 4.90 Å². The fourth-order valence-electron chi connectivity index (χ4n) is 5.90. The number of hydrogen-bond donors (Lipinski definition) is 1. The molecule has 4 aromatic rings. The highest BCUT2D eigenvalue weighted by Gasteiger charge is 2.46. The zero-order valence-electron chi connectivity index (χ0n) is 23.1. The number of fused-ring (bicyclic) bond motifs is 1. The first-order valence-corrected chi connectivity index (χ1v) is 15.6. The number of sulfonamides is 1. The van der Waals surface area contributed by atoms with Gasteiger partial charge in [0.1, 0.15) is 16.5 Å². The van der Waals surface area contributed by atoms with Gasteiger partial charge >= 0.3 is 0 Å². The van der Waals surface area contributed by atoms with Gasteiger partial charge in [0.15, 0.2) is 0 Å². The number of nitrogens with one attached hydrogen (secondary N) is 1. The summed E-state index contributed by atoms with van der Waals surface area (Å²) in [4.78, 5) is 19.8. The van der Waals surface area contributed by atoms with Crippen LogP contribution in [0.1, 0.15) is 59.3 Å². The number of benzene rings is 3. The Morgan fingerprint density at radius 3 is 2.57 bits per heavy atom. The van der Waals surface area contributed by atoms with Crippen LogP contribution in [0.4, 0.5) is 14.5 Å². The van der Waals surface area contributed by atoms with Crippen molar-refractivity contribution >= 4 is 21.6 Å². The lowest BCUT2D eigenvalue weighted by Gasteiger charge is -2.29. The molecule has 0 saturated heterocycles. The summed E-state index contributed by atoms with van der Waals surface area (Å²) in [5, 5.41) is 0. The average molecular weight is 588 g/mol. The van der Waals surface area contributed by atoms with Crippen LogP contribution in [0.2, 0.25) is 0 Å². The summed E-state index contributed by atoms with van der Waals surface area (Å²) in [5.41, 5.74) is 5.10. The quantitative estimate of drug-likeness (QED) is 0.260. The van der Waals surface area contributed by atoms with Crippen LogP contribution in [0.15, 0.2) is 89.8 Å². The molecular weight excluding hydrogens is 556 g/mol. The molecule has 0 bridgehead atoms. The second kappa shape index (κ2) is 11.4. The van der Waals surface area contributed by atoms with E-state index in [-0.39, 0.29) is 24.3 Å². The van der Waals surface area contributed by atoms with Crippen molar-refractivity contribution in [1.82, 2.24) is 9.71 Å². The molecule has 0 aliphatic heterocycles. The smallest absolute Gasteiger partial charge is 0.244 e. The lowest BCUT2D eigenvalue weighted by molar-refractivity contribution is -0.120. The molecule has 0 radical (unpaired) electrons. The minimum Gasteiger partial charge on any atom is -0.306 e. The highest BCUT2D eigenvalue weighted by molar-refractivity contribution is 7.89. The molecule has 2 aliphatic carbocycles. The van der Waals surface area contributed by atoms with Crippen LogP contribution in [0.25, 0.3) is 0 Å². The molecule has 6 rings (SSSR count). The van der Waals surface area contributed by atoms with E-state index < -0.39 is 32.6 Å². The van der Waals surface area contributed by atoms with Crippen LogP contribution in [0.3, 0.4) is 0 Å². The molecule has 1 heterocycles. The molecule has 2 aliphatic rings. The molecule has 1 N–H and O–H groups in total. The average Bonchev–Trinajstić information content (AvgIpc) is 3.77. The predicted molar refractivity (Wildman–Crippen MR) is 156 cm³/mol. The number of rotatable bonds is 8. The van der Waals surface area contributed by atoms with Gasteiger partial charge in [-0.2, -0.15) is 0 Å². The Kier molecular flexibility index (Phi) is 7.64. The highest BCUT2D eigenvalue weighted by atomic mass is 32.2. The normalized spacial score (nSPS) is 19.6. The van der Waals surface area contributed by atoms with Crippen LogP contribution in [-0.2, 0) is 27.8 Å². The third-order valence-corrected chi connectivity index (χ3v) is 9.61. The second-order valence-corrected chi connectivity index (χ2v) is 12.8. The Hall–Kier alpha value is -3.95. The maximum absolute atomic E-state index is 14.4. The number of anilines is 1. The zero-order chi connectivity index (χ0) is 29.4. The molecule has 9 heteroatoms. The number of amides is 1. The van der Waals surface area contributed by atoms with Crippen LogP contribution in [0.5, 0.6) is 0 Å². The standard InChI is InChI=1S/C33H31F2N3O3S/c1-21-7-5-11-25(36-21)20-38(33(39)29-19-27(29)22-8-3-2-4-9-22)26-15-13-23-10-6-12-31(28(23)18-26)37-42(40,41)32-16-14-24(34)17-30(32)35/h2-5,7-9,11,13-18,27,29,31,37H,6,10,12,19-20H2,1H3. The Bertz CT molecular complexity index is 1750. The lowest BCUT2D eigenvalue weighted by atomic mass is 9.87. The fraction of sp³-hybridized carbons (Fsp3) is 0.273. The van der Waals surface area contributed by atoms with E-state index in [0.29, 0.717) is 18.2 Å². The zero-order valence-corrected chi connectivity index (χ0v) is 24.0. The summed E-state index contributed by atoms with van der Waals surface area (Å²) in [6.07, 6.45) is 2.76. The molecule has 1 amide bonds. The van der Waals surface area contributed by atoms with Gasteiger partial charge in [-0.05, 0) is 91.6 Å². The Morgan fingerprint density at radius 2 is 1.81 bits per heavy atom. The molecule has 3 aromatic carbocycles. The molecule has 42 heavy (non-hydrogen) atoms. The molecule has 216 valence electrons. The Morgan fingerprint density at radius 1 is 1.00 bits per heavy atom. The molecule has 6 nitrogen and oxygen atoms in total. The number of halogens is 2. The van der Waals surface area contributed by atoms with Gasteiger partial charge in [-0.1, -0.05) is 42.5 Å². The van der Waals surface area contributed by atoms with Crippen LogP contribution >= 0.6 is 0 Å². The SMILES string of the molecule is Cc1cccc(CN(C(=O)C2CC2c2ccccc2)c2ccc3c(c2)C(NS(=O)(=O)c2ccc(F)cc2F)CCC3)n1. The van der Waals surface area contributed by atoms with Crippen LogP contribution < -0.4 is 9.62 Å². The summed E-state index contributed by atoms with van der Waals surface area (Å²) >= 11 is 0. The molecule has 1 saturated carbocycles. The van der Waals surface area contributed by atoms with Gasteiger partial charge in [-0.25, -0.2) is 21.9 Å². The monoisotopic (exact) mass is 587 g/mol. The van der Waals surface area contributed by atoms with Crippen LogP contribution in [-0.4, -0.2) is 19.3 Å². The number of hydrogen-bond acceptors (Lipinski definition) is 4. The van der Waals surface area contributed by atoms with Crippen molar-refractivity contribution in [2.24, 2.45) is 5.92 Å². The van der Waals surface area contributed by atoms with Crippen LogP contribution in [0, 0.1) is 24.5 Å². The van der Waals surface area contributed by atoms with E-state index >= 15 is 0 Å². The van der Waals surface area contributed by atoms with E-state index in [0.717, 1.165) is 59.5 Å². The minimum absolute atomic E-state index is 0.00608. The van der Waals surface area contributed by atoms with Gasteiger partial charge in [0.05, 0.1) is 12.2 Å². The van der Waals surface area contributed by atoms with E-state index in [9.17, 15) is 22.0 Å².